The summed E-state index contributed by atoms with van der Waals surface area (Å²) >= 11 is 0. The van der Waals surface area contributed by atoms with Crippen LogP contribution in [0.4, 0.5) is 0 Å². The van der Waals surface area contributed by atoms with Gasteiger partial charge < -0.3 is 15.3 Å². The summed E-state index contributed by atoms with van der Waals surface area (Å²) in [5.74, 6) is -0.796. The molecule has 2 amide bonds. The van der Waals surface area contributed by atoms with Crippen LogP contribution in [-0.2, 0) is 16.0 Å². The summed E-state index contributed by atoms with van der Waals surface area (Å²) in [6.07, 6.45) is 4.23. The molecule has 182 valence electrons. The van der Waals surface area contributed by atoms with Gasteiger partial charge in [0.25, 0.3) is 5.91 Å². The number of carbonyl (C=O) groups is 3. The molecule has 3 aromatic rings. The molecule has 1 fully saturated rings. The van der Waals surface area contributed by atoms with Crippen molar-refractivity contribution in [3.63, 3.8) is 0 Å². The van der Waals surface area contributed by atoms with Crippen LogP contribution in [0.2, 0.25) is 0 Å². The average molecular weight is 475 g/mol. The number of carbonyl (C=O) groups excluding carboxylic acids is 2. The van der Waals surface area contributed by atoms with E-state index in [9.17, 15) is 14.4 Å². The fourth-order valence-electron chi connectivity index (χ4n) is 4.32. The van der Waals surface area contributed by atoms with Gasteiger partial charge in [0.15, 0.2) is 0 Å². The smallest absolute Gasteiger partial charge is 0.303 e. The zero-order chi connectivity index (χ0) is 24.6. The van der Waals surface area contributed by atoms with Crippen LogP contribution in [0, 0.1) is 0 Å². The molecule has 35 heavy (non-hydrogen) atoms. The van der Waals surface area contributed by atoms with Gasteiger partial charge >= 0.3 is 5.97 Å². The number of aliphatic carboxylic acids is 1. The van der Waals surface area contributed by atoms with Crippen LogP contribution in [0.3, 0.4) is 0 Å². The molecule has 0 atom stereocenters. The van der Waals surface area contributed by atoms with Crippen LogP contribution < -0.4 is 5.32 Å². The molecule has 1 aromatic heterocycles. The van der Waals surface area contributed by atoms with Gasteiger partial charge in [-0.1, -0.05) is 30.3 Å². The highest BCUT2D eigenvalue weighted by atomic mass is 16.4. The van der Waals surface area contributed by atoms with E-state index in [2.05, 4.69) is 5.32 Å². The van der Waals surface area contributed by atoms with Crippen LogP contribution in [0.25, 0.3) is 22.3 Å². The highest BCUT2D eigenvalue weighted by Gasteiger charge is 2.19. The molecule has 2 aromatic carbocycles. The van der Waals surface area contributed by atoms with Crippen molar-refractivity contribution in [1.29, 1.82) is 0 Å². The molecule has 0 radical (unpaired) electrons. The molecule has 0 aliphatic carbocycles. The van der Waals surface area contributed by atoms with Crippen molar-refractivity contribution in [2.24, 2.45) is 0 Å². The van der Waals surface area contributed by atoms with E-state index in [1.165, 1.54) is 0 Å². The summed E-state index contributed by atoms with van der Waals surface area (Å²) in [5, 5.41) is 11.9. The number of fused-ring (bicyclic) bond motifs is 1. The van der Waals surface area contributed by atoms with Gasteiger partial charge in [0.05, 0.1) is 22.4 Å². The molecule has 2 heterocycles. The Bertz CT molecular complexity index is 1210. The number of hydrogen-bond donors (Lipinski definition) is 2. The fourth-order valence-corrected chi connectivity index (χ4v) is 4.32. The minimum Gasteiger partial charge on any atom is -0.481 e. The van der Waals surface area contributed by atoms with E-state index < -0.39 is 5.97 Å². The molecule has 0 bridgehead atoms. The van der Waals surface area contributed by atoms with Crippen LogP contribution in [0.15, 0.2) is 48.5 Å². The molecule has 1 aliphatic rings. The Hall–Kier alpha value is -3.81. The summed E-state index contributed by atoms with van der Waals surface area (Å²) in [6.45, 7) is 1.96. The molecule has 4 rings (SSSR count). The van der Waals surface area contributed by atoms with Crippen molar-refractivity contribution in [2.75, 3.05) is 19.6 Å². The third-order valence-corrected chi connectivity index (χ3v) is 6.16. The van der Waals surface area contributed by atoms with Gasteiger partial charge in [-0.2, -0.15) is 0 Å². The summed E-state index contributed by atoms with van der Waals surface area (Å²) in [4.78, 5) is 46.8. The molecule has 8 heteroatoms. The predicted molar refractivity (Wildman–Crippen MR) is 133 cm³/mol. The van der Waals surface area contributed by atoms with Crippen molar-refractivity contribution in [3.8, 4) is 11.3 Å². The second-order valence-electron chi connectivity index (χ2n) is 8.78. The first-order valence-electron chi connectivity index (χ1n) is 12.1. The first-order valence-corrected chi connectivity index (χ1v) is 12.1. The Morgan fingerprint density at radius 3 is 2.57 bits per heavy atom. The summed E-state index contributed by atoms with van der Waals surface area (Å²) in [6, 6.07) is 15.1. The van der Waals surface area contributed by atoms with Gasteiger partial charge in [0, 0.05) is 43.6 Å². The number of carboxylic acid groups (broad SMARTS) is 1. The SMILES string of the molecule is O=C(O)CCCCc1nc2cc(C(=O)NCCCN3CCCC3=O)ccc2nc1-c1ccccc1. The van der Waals surface area contributed by atoms with Gasteiger partial charge in [0.2, 0.25) is 5.91 Å². The summed E-state index contributed by atoms with van der Waals surface area (Å²) in [5.41, 5.74) is 4.36. The fraction of sp³-hybridized carbons (Fsp3) is 0.370. The minimum atomic E-state index is -0.805. The molecule has 1 aliphatic heterocycles. The Labute approximate surface area is 204 Å². The molecule has 8 nitrogen and oxygen atoms in total. The van der Waals surface area contributed by atoms with Crippen molar-refractivity contribution in [2.45, 2.75) is 44.9 Å². The third kappa shape index (κ3) is 6.41. The van der Waals surface area contributed by atoms with Gasteiger partial charge in [0.1, 0.15) is 0 Å². The number of aromatic nitrogens is 2. The predicted octanol–water partition coefficient (Wildman–Crippen LogP) is 3.84. The average Bonchev–Trinajstić information content (AvgIpc) is 3.28. The largest absolute Gasteiger partial charge is 0.481 e. The third-order valence-electron chi connectivity index (χ3n) is 6.16. The van der Waals surface area contributed by atoms with Crippen molar-refractivity contribution >= 4 is 28.8 Å². The number of benzene rings is 2. The second-order valence-corrected chi connectivity index (χ2v) is 8.78. The van der Waals surface area contributed by atoms with Crippen molar-refractivity contribution in [1.82, 2.24) is 20.2 Å². The number of nitrogens with zero attached hydrogens (tertiary/aromatic N) is 3. The van der Waals surface area contributed by atoms with E-state index in [-0.39, 0.29) is 18.2 Å². The Balaban J connectivity index is 1.48. The molecule has 0 spiro atoms. The van der Waals surface area contributed by atoms with E-state index in [0.717, 1.165) is 29.9 Å². The zero-order valence-corrected chi connectivity index (χ0v) is 19.7. The number of rotatable bonds is 11. The maximum absolute atomic E-state index is 12.7. The van der Waals surface area contributed by atoms with Crippen LogP contribution in [0.1, 0.15) is 54.6 Å². The number of unbranched alkanes of at least 4 members (excludes halogenated alkanes) is 1. The van der Waals surface area contributed by atoms with E-state index >= 15 is 0 Å². The topological polar surface area (TPSA) is 112 Å². The van der Waals surface area contributed by atoms with E-state index in [1.807, 2.05) is 35.2 Å². The first-order chi connectivity index (χ1) is 17.0. The lowest BCUT2D eigenvalue weighted by Gasteiger charge is -2.15. The van der Waals surface area contributed by atoms with Crippen LogP contribution in [0.5, 0.6) is 0 Å². The number of aryl methyl sites for hydroxylation is 1. The van der Waals surface area contributed by atoms with E-state index in [1.54, 1.807) is 18.2 Å². The Kier molecular flexibility index (Phi) is 8.03. The summed E-state index contributed by atoms with van der Waals surface area (Å²) < 4.78 is 0. The normalized spacial score (nSPS) is 13.4. The number of amides is 2. The maximum Gasteiger partial charge on any atom is 0.303 e. The quantitative estimate of drug-likeness (QED) is 0.409. The lowest BCUT2D eigenvalue weighted by atomic mass is 10.0. The lowest BCUT2D eigenvalue weighted by molar-refractivity contribution is -0.137. The molecule has 0 saturated carbocycles. The lowest BCUT2D eigenvalue weighted by Crippen LogP contribution is -2.30. The highest BCUT2D eigenvalue weighted by molar-refractivity contribution is 5.97. The number of likely N-dealkylation sites (tertiary alicyclic amines) is 1. The standard InChI is InChI=1S/C27H30N4O4/c32-24-11-6-16-31(24)17-7-15-28-27(35)20-13-14-21-23(18-20)29-22(10-4-5-12-25(33)34)26(30-21)19-8-2-1-3-9-19/h1-3,8-9,13-14,18H,4-7,10-12,15-17H2,(H,28,35)(H,33,34). The number of carboxylic acids is 1. The molecule has 0 unspecified atom stereocenters. The minimum absolute atomic E-state index is 0.123. The number of hydrogen-bond acceptors (Lipinski definition) is 5. The molecular formula is C27H30N4O4. The highest BCUT2D eigenvalue weighted by Crippen LogP contribution is 2.25. The maximum atomic E-state index is 12.7. The second kappa shape index (κ2) is 11.6. The first kappa shape index (κ1) is 24.3. The summed E-state index contributed by atoms with van der Waals surface area (Å²) in [7, 11) is 0. The van der Waals surface area contributed by atoms with Gasteiger partial charge in [-0.3, -0.25) is 14.4 Å². The number of nitrogens with one attached hydrogen (secondary N) is 1. The Morgan fingerprint density at radius 2 is 1.83 bits per heavy atom. The van der Waals surface area contributed by atoms with Crippen molar-refractivity contribution < 1.29 is 19.5 Å². The van der Waals surface area contributed by atoms with Crippen LogP contribution >= 0.6 is 0 Å². The van der Waals surface area contributed by atoms with E-state index in [4.69, 9.17) is 15.1 Å². The molecule has 2 N–H and O–H groups in total. The van der Waals surface area contributed by atoms with Gasteiger partial charge in [-0.25, -0.2) is 9.97 Å². The molecular weight excluding hydrogens is 444 g/mol. The van der Waals surface area contributed by atoms with Crippen molar-refractivity contribution in [3.05, 3.63) is 59.8 Å². The molecule has 1 saturated heterocycles. The monoisotopic (exact) mass is 474 g/mol. The Morgan fingerprint density at radius 1 is 1.00 bits per heavy atom. The van der Waals surface area contributed by atoms with Gasteiger partial charge in [-0.05, 0) is 50.3 Å². The van der Waals surface area contributed by atoms with Crippen LogP contribution in [-0.4, -0.2) is 57.4 Å². The zero-order valence-electron chi connectivity index (χ0n) is 19.7. The van der Waals surface area contributed by atoms with Gasteiger partial charge in [-0.15, -0.1) is 0 Å². The van der Waals surface area contributed by atoms with E-state index in [0.29, 0.717) is 61.8 Å².